The first-order chi connectivity index (χ1) is 12.7. The maximum atomic E-state index is 14.0. The van der Waals surface area contributed by atoms with E-state index >= 15 is 0 Å². The van der Waals surface area contributed by atoms with Crippen molar-refractivity contribution >= 4 is 13.5 Å². The predicted octanol–water partition coefficient (Wildman–Crippen LogP) is 6.73. The van der Waals surface area contributed by atoms with Gasteiger partial charge in [-0.15, -0.1) is 0 Å². The number of hydrogen-bond donors (Lipinski definition) is 0. The summed E-state index contributed by atoms with van der Waals surface area (Å²) >= 11 is 0. The molecule has 1 aromatic rings. The van der Waals surface area contributed by atoms with E-state index in [4.69, 9.17) is 4.43 Å². The molecule has 0 heterocycles. The molecule has 27 heavy (non-hydrogen) atoms. The van der Waals surface area contributed by atoms with Crippen LogP contribution in [0.2, 0.25) is 13.1 Å². The lowest BCUT2D eigenvalue weighted by Crippen LogP contribution is -2.50. The van der Waals surface area contributed by atoms with Crippen molar-refractivity contribution < 1.29 is 26.4 Å². The highest BCUT2D eigenvalue weighted by Crippen LogP contribution is 2.21. The average molecular weight is 411 g/mol. The van der Waals surface area contributed by atoms with Gasteiger partial charge >= 0.3 is 0 Å². The molecule has 0 unspecified atom stereocenters. The topological polar surface area (TPSA) is 9.23 Å². The van der Waals surface area contributed by atoms with E-state index in [1.807, 2.05) is 0 Å². The van der Waals surface area contributed by atoms with Crippen molar-refractivity contribution in [2.24, 2.45) is 0 Å². The smallest absolute Gasteiger partial charge is 0.224 e. The second-order valence-corrected chi connectivity index (χ2v) is 11.3. The summed E-state index contributed by atoms with van der Waals surface area (Å²) in [5.41, 5.74) is 0. The third-order valence-electron chi connectivity index (χ3n) is 4.77. The van der Waals surface area contributed by atoms with E-state index in [-0.39, 0.29) is 6.61 Å². The van der Waals surface area contributed by atoms with Crippen LogP contribution in [0.3, 0.4) is 0 Å². The van der Waals surface area contributed by atoms with Crippen LogP contribution in [0.15, 0.2) is 0 Å². The van der Waals surface area contributed by atoms with Gasteiger partial charge in [-0.05, 0) is 19.5 Å². The number of unbranched alkanes of at least 4 members (excludes halogenated alkanes) is 9. The van der Waals surface area contributed by atoms with Gasteiger partial charge in [0.2, 0.25) is 14.1 Å². The normalized spacial score (nSPS) is 12.0. The molecule has 0 aliphatic heterocycles. The Morgan fingerprint density at radius 1 is 0.593 bits per heavy atom. The largest absolute Gasteiger partial charge is 0.413 e. The van der Waals surface area contributed by atoms with Crippen molar-refractivity contribution in [1.29, 1.82) is 0 Å². The van der Waals surface area contributed by atoms with Crippen molar-refractivity contribution in [1.82, 2.24) is 0 Å². The minimum absolute atomic E-state index is 0.259. The second-order valence-electron chi connectivity index (χ2n) is 7.49. The van der Waals surface area contributed by atoms with Gasteiger partial charge in [0.05, 0.1) is 0 Å². The Morgan fingerprint density at radius 3 is 1.41 bits per heavy atom. The quantitative estimate of drug-likeness (QED) is 0.115. The van der Waals surface area contributed by atoms with Gasteiger partial charge in [-0.3, -0.25) is 0 Å². The minimum atomic E-state index is -3.24. The Labute approximate surface area is 160 Å². The monoisotopic (exact) mass is 410 g/mol. The molecule has 1 aromatic carbocycles. The Kier molecular flexibility index (Phi) is 10.5. The number of rotatable bonds is 13. The van der Waals surface area contributed by atoms with Gasteiger partial charge < -0.3 is 4.43 Å². The molecule has 0 aliphatic carbocycles. The first-order valence-corrected chi connectivity index (χ1v) is 12.8. The van der Waals surface area contributed by atoms with Gasteiger partial charge in [0, 0.05) is 11.8 Å². The Balaban J connectivity index is 2.39. The minimum Gasteiger partial charge on any atom is -0.413 e. The van der Waals surface area contributed by atoms with Crippen LogP contribution in [-0.4, -0.2) is 14.9 Å². The summed E-state index contributed by atoms with van der Waals surface area (Å²) in [6.45, 7) is 5.34. The standard InChI is InChI=1S/C20H31F5OSi/c1-4-5-6-7-8-9-10-11-12-13-14-26-27(2,3)20-18(24)16(22)15(21)17(23)19(20)25/h4-14H2,1-3H3. The molecule has 0 N–H and O–H groups in total. The van der Waals surface area contributed by atoms with E-state index in [1.54, 1.807) is 0 Å². The molecule has 0 aliphatic rings. The zero-order chi connectivity index (χ0) is 20.4. The zero-order valence-electron chi connectivity index (χ0n) is 16.6. The highest BCUT2D eigenvalue weighted by Gasteiger charge is 2.37. The SMILES string of the molecule is CCCCCCCCCCCCO[Si](C)(C)c1c(F)c(F)c(F)c(F)c1F. The van der Waals surface area contributed by atoms with Gasteiger partial charge in [-0.25, -0.2) is 22.0 Å². The number of hydrogen-bond acceptors (Lipinski definition) is 1. The highest BCUT2D eigenvalue weighted by molar-refractivity contribution is 6.84. The molecule has 1 rings (SSSR count). The van der Waals surface area contributed by atoms with Crippen molar-refractivity contribution in [3.63, 3.8) is 0 Å². The van der Waals surface area contributed by atoms with Crippen LogP contribution in [0, 0.1) is 29.1 Å². The van der Waals surface area contributed by atoms with E-state index in [9.17, 15) is 22.0 Å². The maximum Gasteiger partial charge on any atom is 0.224 e. The third-order valence-corrected chi connectivity index (χ3v) is 7.34. The lowest BCUT2D eigenvalue weighted by atomic mass is 10.1. The second kappa shape index (κ2) is 11.8. The fourth-order valence-electron chi connectivity index (χ4n) is 3.12. The van der Waals surface area contributed by atoms with E-state index in [0.717, 1.165) is 19.3 Å². The van der Waals surface area contributed by atoms with Gasteiger partial charge in [0.25, 0.3) is 0 Å². The van der Waals surface area contributed by atoms with Crippen LogP contribution >= 0.6 is 0 Å². The van der Waals surface area contributed by atoms with Crippen molar-refractivity contribution in [3.8, 4) is 0 Å². The van der Waals surface area contributed by atoms with Crippen LogP contribution in [0.1, 0.15) is 71.1 Å². The van der Waals surface area contributed by atoms with Gasteiger partial charge in [0.15, 0.2) is 23.3 Å². The molecule has 0 bridgehead atoms. The average Bonchev–Trinajstić information content (AvgIpc) is 2.62. The summed E-state index contributed by atoms with van der Waals surface area (Å²) in [5, 5.41) is -0.786. The van der Waals surface area contributed by atoms with E-state index in [2.05, 4.69) is 6.92 Å². The lowest BCUT2D eigenvalue weighted by Gasteiger charge is -2.24. The molecule has 0 fully saturated rings. The molecule has 7 heteroatoms. The summed E-state index contributed by atoms with van der Waals surface area (Å²) in [7, 11) is -3.24. The van der Waals surface area contributed by atoms with E-state index in [1.165, 1.54) is 51.6 Å². The van der Waals surface area contributed by atoms with Crippen LogP contribution in [0.5, 0.6) is 0 Å². The van der Waals surface area contributed by atoms with E-state index < -0.39 is 42.6 Å². The Morgan fingerprint density at radius 2 is 0.963 bits per heavy atom. The zero-order valence-corrected chi connectivity index (χ0v) is 17.6. The highest BCUT2D eigenvalue weighted by atomic mass is 28.4. The van der Waals surface area contributed by atoms with E-state index in [0.29, 0.717) is 6.42 Å². The third kappa shape index (κ3) is 7.18. The Hall–Kier alpha value is -0.953. The molecule has 1 nitrogen and oxygen atoms in total. The molecule has 0 atom stereocenters. The maximum absolute atomic E-state index is 14.0. The first-order valence-electron chi connectivity index (χ1n) is 9.89. The molecule has 0 saturated heterocycles. The van der Waals surface area contributed by atoms with Crippen LogP contribution in [0.25, 0.3) is 0 Å². The molecule has 156 valence electrons. The van der Waals surface area contributed by atoms with Gasteiger partial charge in [-0.2, -0.15) is 0 Å². The molecular formula is C20H31F5OSi. The number of halogens is 5. The molecule has 0 aromatic heterocycles. The summed E-state index contributed by atoms with van der Waals surface area (Å²) in [6.07, 6.45) is 11.4. The van der Waals surface area contributed by atoms with Gasteiger partial charge in [-0.1, -0.05) is 64.7 Å². The number of benzene rings is 1. The van der Waals surface area contributed by atoms with Crippen LogP contribution in [-0.2, 0) is 4.43 Å². The van der Waals surface area contributed by atoms with Crippen LogP contribution in [0.4, 0.5) is 22.0 Å². The van der Waals surface area contributed by atoms with Crippen molar-refractivity contribution in [3.05, 3.63) is 29.1 Å². The molecule has 0 amide bonds. The molecule has 0 saturated carbocycles. The summed E-state index contributed by atoms with van der Waals surface area (Å²) in [6, 6.07) is 0. The van der Waals surface area contributed by atoms with Crippen molar-refractivity contribution in [2.45, 2.75) is 84.2 Å². The fraction of sp³-hybridized carbons (Fsp3) is 0.700. The predicted molar refractivity (Wildman–Crippen MR) is 101 cm³/mol. The first kappa shape index (κ1) is 24.1. The van der Waals surface area contributed by atoms with Crippen LogP contribution < -0.4 is 5.19 Å². The fourth-order valence-corrected chi connectivity index (χ4v) is 5.20. The molecular weight excluding hydrogens is 379 g/mol. The lowest BCUT2D eigenvalue weighted by molar-refractivity contribution is 0.298. The summed E-state index contributed by atoms with van der Waals surface area (Å²) < 4.78 is 73.5. The molecule has 0 spiro atoms. The Bertz CT molecular complexity index is 563. The van der Waals surface area contributed by atoms with Crippen molar-refractivity contribution in [2.75, 3.05) is 6.61 Å². The summed E-state index contributed by atoms with van der Waals surface area (Å²) in [4.78, 5) is 0. The molecule has 0 radical (unpaired) electrons. The van der Waals surface area contributed by atoms with Gasteiger partial charge in [0.1, 0.15) is 0 Å². The summed E-state index contributed by atoms with van der Waals surface area (Å²) in [5.74, 6) is -9.50.